The third kappa shape index (κ3) is 7.45. The fraction of sp³-hybridized carbons (Fsp3) is 0.545. The second-order valence-electron chi connectivity index (χ2n) is 7.80. The highest BCUT2D eigenvalue weighted by Gasteiger charge is 2.21. The highest BCUT2D eigenvalue weighted by molar-refractivity contribution is 7.89. The third-order valence-electron chi connectivity index (χ3n) is 5.41. The second-order valence-corrected chi connectivity index (χ2v) is 9.56. The van der Waals surface area contributed by atoms with Crippen molar-refractivity contribution in [2.75, 3.05) is 26.3 Å². The lowest BCUT2D eigenvalue weighted by Gasteiger charge is -2.13. The van der Waals surface area contributed by atoms with Crippen LogP contribution in [0.2, 0.25) is 0 Å². The molecular weight excluding hydrogens is 420 g/mol. The zero-order valence-corrected chi connectivity index (χ0v) is 18.4. The lowest BCUT2D eigenvalue weighted by Crippen LogP contribution is -2.31. The number of hydrogen-bond acceptors (Lipinski definition) is 6. The number of rotatable bonds is 10. The van der Waals surface area contributed by atoms with E-state index in [4.69, 9.17) is 9.47 Å². The molecule has 3 rings (SSSR count). The van der Waals surface area contributed by atoms with Crippen LogP contribution in [0.15, 0.2) is 40.8 Å². The minimum absolute atomic E-state index is 0.0526. The molecule has 1 aromatic carbocycles. The quantitative estimate of drug-likeness (QED) is 0.418. The molecule has 1 fully saturated rings. The Balaban J connectivity index is 1.40. The van der Waals surface area contributed by atoms with E-state index in [0.29, 0.717) is 13.2 Å². The molecule has 0 saturated carbocycles. The molecule has 1 unspecified atom stereocenters. The van der Waals surface area contributed by atoms with Gasteiger partial charge in [0.2, 0.25) is 10.0 Å². The molecule has 1 saturated heterocycles. The van der Waals surface area contributed by atoms with Gasteiger partial charge < -0.3 is 14.8 Å². The van der Waals surface area contributed by atoms with Crippen LogP contribution in [0.3, 0.4) is 0 Å². The number of hydrogen-bond donors (Lipinski definition) is 2. The Labute approximate surface area is 183 Å². The molecule has 1 atom stereocenters. The molecule has 0 spiro atoms. The van der Waals surface area contributed by atoms with Crippen molar-refractivity contribution in [2.24, 2.45) is 0 Å². The monoisotopic (exact) mass is 450 g/mol. The van der Waals surface area contributed by atoms with E-state index in [1.807, 2.05) is 0 Å². The van der Waals surface area contributed by atoms with Crippen LogP contribution in [-0.4, -0.2) is 52.7 Å². The number of amides is 1. The van der Waals surface area contributed by atoms with Crippen molar-refractivity contribution >= 4 is 21.9 Å². The molecule has 2 aliphatic rings. The zero-order valence-electron chi connectivity index (χ0n) is 17.6. The van der Waals surface area contributed by atoms with Crippen molar-refractivity contribution in [3.05, 3.63) is 41.5 Å². The van der Waals surface area contributed by atoms with Crippen LogP contribution in [0.25, 0.3) is 0 Å². The topological polar surface area (TPSA) is 111 Å². The number of allylic oxidation sites excluding steroid dienone is 1. The van der Waals surface area contributed by atoms with E-state index in [-0.39, 0.29) is 35.6 Å². The molecule has 1 aromatic rings. The number of ether oxygens (including phenoxy) is 2. The number of nitrogens with one attached hydrogen (secondary N) is 2. The summed E-state index contributed by atoms with van der Waals surface area (Å²) in [4.78, 5) is 24.1. The summed E-state index contributed by atoms with van der Waals surface area (Å²) in [6.45, 7) is 1.02. The second kappa shape index (κ2) is 11.4. The van der Waals surface area contributed by atoms with Gasteiger partial charge in [0.1, 0.15) is 0 Å². The van der Waals surface area contributed by atoms with Gasteiger partial charge >= 0.3 is 5.97 Å². The fourth-order valence-electron chi connectivity index (χ4n) is 3.62. The third-order valence-corrected chi connectivity index (χ3v) is 6.85. The molecule has 9 heteroatoms. The van der Waals surface area contributed by atoms with E-state index in [1.54, 1.807) is 0 Å². The van der Waals surface area contributed by atoms with Gasteiger partial charge in [-0.2, -0.15) is 0 Å². The van der Waals surface area contributed by atoms with Crippen LogP contribution in [0.5, 0.6) is 0 Å². The first-order valence-electron chi connectivity index (χ1n) is 10.8. The van der Waals surface area contributed by atoms with Crippen LogP contribution >= 0.6 is 0 Å². The van der Waals surface area contributed by atoms with Crippen LogP contribution in [0, 0.1) is 0 Å². The molecule has 0 bridgehead atoms. The first kappa shape index (κ1) is 23.4. The fourth-order valence-corrected chi connectivity index (χ4v) is 4.69. The summed E-state index contributed by atoms with van der Waals surface area (Å²) in [6, 6.07) is 5.42. The molecule has 1 aliphatic carbocycles. The number of benzene rings is 1. The van der Waals surface area contributed by atoms with Crippen molar-refractivity contribution in [2.45, 2.75) is 55.9 Å². The lowest BCUT2D eigenvalue weighted by molar-refractivity contribution is -0.124. The van der Waals surface area contributed by atoms with E-state index in [1.165, 1.54) is 42.7 Å². The Morgan fingerprint density at radius 1 is 1.13 bits per heavy atom. The van der Waals surface area contributed by atoms with E-state index in [2.05, 4.69) is 16.1 Å². The van der Waals surface area contributed by atoms with Crippen molar-refractivity contribution in [1.82, 2.24) is 10.0 Å². The number of esters is 1. The van der Waals surface area contributed by atoms with Crippen LogP contribution in [0.1, 0.15) is 55.3 Å². The molecule has 1 aliphatic heterocycles. The standard InChI is InChI=1S/C22H30N2O6S/c25-21(23-13-12-17-5-2-1-3-6-17)16-30-22(26)18-8-10-20(11-9-18)31(27,28)24-15-19-7-4-14-29-19/h5,8-11,19,24H,1-4,6-7,12-16H2,(H,23,25). The minimum Gasteiger partial charge on any atom is -0.452 e. The average molecular weight is 451 g/mol. The molecule has 1 amide bonds. The summed E-state index contributed by atoms with van der Waals surface area (Å²) in [5, 5.41) is 2.75. The van der Waals surface area contributed by atoms with E-state index < -0.39 is 16.0 Å². The van der Waals surface area contributed by atoms with Gasteiger partial charge in [0.15, 0.2) is 6.61 Å². The average Bonchev–Trinajstić information content (AvgIpc) is 3.31. The predicted octanol–water partition coefficient (Wildman–Crippen LogP) is 2.31. The lowest BCUT2D eigenvalue weighted by atomic mass is 9.97. The Bertz CT molecular complexity index is 889. The van der Waals surface area contributed by atoms with Crippen molar-refractivity contribution in [3.63, 3.8) is 0 Å². The summed E-state index contributed by atoms with van der Waals surface area (Å²) in [5.74, 6) is -1.04. The van der Waals surface area contributed by atoms with Gasteiger partial charge in [0.05, 0.1) is 16.6 Å². The molecule has 0 radical (unpaired) electrons. The maximum atomic E-state index is 12.4. The largest absolute Gasteiger partial charge is 0.452 e. The minimum atomic E-state index is -3.69. The maximum absolute atomic E-state index is 12.4. The summed E-state index contributed by atoms with van der Waals surface area (Å²) < 4.78 is 37.7. The van der Waals surface area contributed by atoms with E-state index >= 15 is 0 Å². The smallest absolute Gasteiger partial charge is 0.338 e. The normalized spacial score (nSPS) is 19.0. The molecule has 31 heavy (non-hydrogen) atoms. The summed E-state index contributed by atoms with van der Waals surface area (Å²) in [6.07, 6.45) is 9.32. The Hall–Kier alpha value is -2.23. The molecule has 8 nitrogen and oxygen atoms in total. The van der Waals surface area contributed by atoms with Gasteiger partial charge in [-0.1, -0.05) is 11.6 Å². The first-order chi connectivity index (χ1) is 14.9. The van der Waals surface area contributed by atoms with Crippen LogP contribution in [-0.2, 0) is 24.3 Å². The highest BCUT2D eigenvalue weighted by Crippen LogP contribution is 2.19. The SMILES string of the molecule is O=C(COC(=O)c1ccc(S(=O)(=O)NCC2CCCO2)cc1)NCCC1=CCCCC1. The number of sulfonamides is 1. The first-order valence-corrected chi connectivity index (χ1v) is 12.3. The van der Waals surface area contributed by atoms with E-state index in [9.17, 15) is 18.0 Å². The number of carbonyl (C=O) groups is 2. The molecule has 0 aromatic heterocycles. The Morgan fingerprint density at radius 2 is 1.94 bits per heavy atom. The van der Waals surface area contributed by atoms with Gasteiger partial charge in [0.25, 0.3) is 5.91 Å². The molecular formula is C22H30N2O6S. The van der Waals surface area contributed by atoms with Gasteiger partial charge in [0, 0.05) is 19.7 Å². The van der Waals surface area contributed by atoms with Crippen molar-refractivity contribution < 1.29 is 27.5 Å². The number of carbonyl (C=O) groups excluding carboxylic acids is 2. The van der Waals surface area contributed by atoms with E-state index in [0.717, 1.165) is 32.1 Å². The maximum Gasteiger partial charge on any atom is 0.338 e. The summed E-state index contributed by atoms with van der Waals surface area (Å²) >= 11 is 0. The Kier molecular flexibility index (Phi) is 8.62. The van der Waals surface area contributed by atoms with Gasteiger partial charge in [-0.05, 0) is 69.2 Å². The molecule has 170 valence electrons. The molecule has 2 N–H and O–H groups in total. The van der Waals surface area contributed by atoms with Crippen molar-refractivity contribution in [1.29, 1.82) is 0 Å². The van der Waals surface area contributed by atoms with Gasteiger partial charge in [-0.25, -0.2) is 17.9 Å². The van der Waals surface area contributed by atoms with Crippen molar-refractivity contribution in [3.8, 4) is 0 Å². The summed E-state index contributed by atoms with van der Waals surface area (Å²) in [7, 11) is -3.69. The van der Waals surface area contributed by atoms with Gasteiger partial charge in [-0.15, -0.1) is 0 Å². The molecule has 1 heterocycles. The highest BCUT2D eigenvalue weighted by atomic mass is 32.2. The van der Waals surface area contributed by atoms with Crippen LogP contribution < -0.4 is 10.0 Å². The Morgan fingerprint density at radius 3 is 2.61 bits per heavy atom. The van der Waals surface area contributed by atoms with Crippen LogP contribution in [0.4, 0.5) is 0 Å². The zero-order chi connectivity index (χ0) is 22.1. The summed E-state index contributed by atoms with van der Waals surface area (Å²) in [5.41, 5.74) is 1.54. The predicted molar refractivity (Wildman–Crippen MR) is 115 cm³/mol. The van der Waals surface area contributed by atoms with Gasteiger partial charge in [-0.3, -0.25) is 4.79 Å².